The Morgan fingerprint density at radius 1 is 0.889 bits per heavy atom. The molecule has 0 saturated carbocycles. The molecule has 5 nitrogen and oxygen atoms in total. The Kier molecular flexibility index (Phi) is 6.87. The lowest BCUT2D eigenvalue weighted by Gasteiger charge is -2.33. The normalized spacial score (nSPS) is 14.1. The summed E-state index contributed by atoms with van der Waals surface area (Å²) in [4.78, 5) is 24.0. The second-order valence-corrected chi connectivity index (χ2v) is 9.43. The number of carboxylic acids is 2. The third-order valence-corrected chi connectivity index (χ3v) is 5.16. The van der Waals surface area contributed by atoms with Gasteiger partial charge in [-0.3, -0.25) is 9.59 Å². The molecule has 0 aromatic heterocycles. The van der Waals surface area contributed by atoms with Crippen LogP contribution in [0.5, 0.6) is 0 Å². The molecule has 0 radical (unpaired) electrons. The summed E-state index contributed by atoms with van der Waals surface area (Å²) in [6.07, 6.45) is -0.715. The Morgan fingerprint density at radius 2 is 1.30 bits per heavy atom. The van der Waals surface area contributed by atoms with E-state index in [1.807, 2.05) is 54.5 Å². The van der Waals surface area contributed by atoms with E-state index in [9.17, 15) is 24.9 Å². The van der Waals surface area contributed by atoms with E-state index in [2.05, 4.69) is 0 Å². The van der Waals surface area contributed by atoms with Crippen LogP contribution < -0.4 is 0 Å². The molecule has 27 heavy (non-hydrogen) atoms. The smallest absolute Gasteiger partial charge is 0.324 e. The third-order valence-electron chi connectivity index (χ3n) is 5.16. The van der Waals surface area contributed by atoms with Crippen LogP contribution in [-0.4, -0.2) is 27.3 Å². The lowest BCUT2D eigenvalue weighted by atomic mass is 9.72. The topological polar surface area (TPSA) is 94.8 Å². The fourth-order valence-electron chi connectivity index (χ4n) is 3.09. The highest BCUT2D eigenvalue weighted by Crippen LogP contribution is 2.42. The van der Waals surface area contributed by atoms with Crippen molar-refractivity contribution in [3.05, 3.63) is 34.9 Å². The molecule has 0 spiro atoms. The molecule has 0 aliphatic heterocycles. The van der Waals surface area contributed by atoms with Crippen LogP contribution in [0.4, 0.5) is 0 Å². The Morgan fingerprint density at radius 3 is 1.59 bits per heavy atom. The Balaban J connectivity index is 3.69. The van der Waals surface area contributed by atoms with Crippen LogP contribution in [0.15, 0.2) is 18.2 Å². The van der Waals surface area contributed by atoms with Crippen molar-refractivity contribution in [3.63, 3.8) is 0 Å². The molecular formula is C22H34O5. The van der Waals surface area contributed by atoms with Gasteiger partial charge in [0, 0.05) is 0 Å². The molecule has 0 fully saturated rings. The lowest BCUT2D eigenvalue weighted by Crippen LogP contribution is -2.45. The number of carboxylic acid groups (broad SMARTS) is 2. The molecule has 0 heterocycles. The summed E-state index contributed by atoms with van der Waals surface area (Å²) in [7, 11) is 0. The highest BCUT2D eigenvalue weighted by molar-refractivity contribution is 5.99. The summed E-state index contributed by atoms with van der Waals surface area (Å²) in [5.74, 6) is -3.01. The molecule has 0 saturated heterocycles. The second-order valence-electron chi connectivity index (χ2n) is 9.43. The van der Waals surface area contributed by atoms with Crippen LogP contribution in [-0.2, 0) is 20.4 Å². The predicted octanol–water partition coefficient (Wildman–Crippen LogP) is 4.66. The zero-order valence-corrected chi connectivity index (χ0v) is 17.6. The summed E-state index contributed by atoms with van der Waals surface area (Å²) in [5.41, 5.74) is -0.508. The molecule has 1 unspecified atom stereocenters. The van der Waals surface area contributed by atoms with Gasteiger partial charge in [0.05, 0.1) is 0 Å². The Bertz CT molecular complexity index is 645. The molecular weight excluding hydrogens is 344 g/mol. The largest absolute Gasteiger partial charge is 0.480 e. The molecule has 3 N–H and O–H groups in total. The van der Waals surface area contributed by atoms with Crippen molar-refractivity contribution in [2.24, 2.45) is 5.41 Å². The zero-order chi connectivity index (χ0) is 21.2. The molecule has 0 aliphatic rings. The van der Waals surface area contributed by atoms with Crippen molar-refractivity contribution in [2.45, 2.75) is 84.7 Å². The number of carbonyl (C=O) groups is 2. The number of unbranched alkanes of at least 4 members (excludes halogenated alkanes) is 1. The van der Waals surface area contributed by atoms with Crippen LogP contribution in [0.1, 0.15) is 90.5 Å². The van der Waals surface area contributed by atoms with Crippen LogP contribution in [0, 0.1) is 5.41 Å². The summed E-state index contributed by atoms with van der Waals surface area (Å²) in [6.45, 7) is 14.0. The van der Waals surface area contributed by atoms with Gasteiger partial charge in [-0.1, -0.05) is 79.5 Å². The molecule has 0 bridgehead atoms. The number of rotatable bonds is 7. The van der Waals surface area contributed by atoms with E-state index in [0.717, 1.165) is 11.1 Å². The zero-order valence-electron chi connectivity index (χ0n) is 17.6. The van der Waals surface area contributed by atoms with E-state index in [0.29, 0.717) is 18.4 Å². The highest BCUT2D eigenvalue weighted by Gasteiger charge is 2.53. The number of hydrogen-bond acceptors (Lipinski definition) is 3. The Labute approximate surface area is 162 Å². The minimum absolute atomic E-state index is 0.125. The van der Waals surface area contributed by atoms with E-state index in [1.165, 1.54) is 0 Å². The summed E-state index contributed by atoms with van der Waals surface area (Å²) in [5, 5.41) is 30.6. The quantitative estimate of drug-likeness (QED) is 0.600. The van der Waals surface area contributed by atoms with Gasteiger partial charge in [-0.15, -0.1) is 0 Å². The van der Waals surface area contributed by atoms with Gasteiger partial charge in [-0.25, -0.2) is 0 Å². The summed E-state index contributed by atoms with van der Waals surface area (Å²) in [6, 6.07) is 5.53. The average Bonchev–Trinajstić information content (AvgIpc) is 2.52. The van der Waals surface area contributed by atoms with E-state index in [4.69, 9.17) is 0 Å². The summed E-state index contributed by atoms with van der Waals surface area (Å²) < 4.78 is 0. The molecule has 1 aromatic carbocycles. The maximum atomic E-state index is 12.0. The first kappa shape index (κ1) is 23.2. The summed E-state index contributed by atoms with van der Waals surface area (Å²) >= 11 is 0. The van der Waals surface area contributed by atoms with Gasteiger partial charge in [0.15, 0.2) is 5.41 Å². The predicted molar refractivity (Wildman–Crippen MR) is 106 cm³/mol. The van der Waals surface area contributed by atoms with E-state index < -0.39 is 23.5 Å². The second kappa shape index (κ2) is 8.01. The molecule has 1 atom stereocenters. The molecule has 152 valence electrons. The monoisotopic (exact) mass is 378 g/mol. The minimum atomic E-state index is -2.26. The van der Waals surface area contributed by atoms with Crippen LogP contribution in [0.25, 0.3) is 0 Å². The van der Waals surface area contributed by atoms with Gasteiger partial charge in [0.25, 0.3) is 0 Å². The van der Waals surface area contributed by atoms with Gasteiger partial charge < -0.3 is 15.3 Å². The molecule has 1 rings (SSSR count). The maximum absolute atomic E-state index is 12.0. The molecule has 1 aromatic rings. The van der Waals surface area contributed by atoms with Gasteiger partial charge in [0.2, 0.25) is 0 Å². The van der Waals surface area contributed by atoms with Crippen LogP contribution in [0.2, 0.25) is 0 Å². The fraction of sp³-hybridized carbons (Fsp3) is 0.636. The van der Waals surface area contributed by atoms with Crippen molar-refractivity contribution in [1.29, 1.82) is 0 Å². The van der Waals surface area contributed by atoms with Crippen LogP contribution in [0.3, 0.4) is 0 Å². The fourth-order valence-corrected chi connectivity index (χ4v) is 3.09. The van der Waals surface area contributed by atoms with Crippen molar-refractivity contribution in [1.82, 2.24) is 0 Å². The number of aliphatic carboxylic acids is 2. The van der Waals surface area contributed by atoms with E-state index in [1.54, 1.807) is 12.1 Å². The molecule has 5 heteroatoms. The first-order valence-corrected chi connectivity index (χ1v) is 9.48. The van der Waals surface area contributed by atoms with E-state index >= 15 is 0 Å². The SMILES string of the molecule is CCCCC(C(=O)O)(C(=O)O)C(O)c1cc(C(C)(C)C)cc(C(C)(C)C)c1. The lowest BCUT2D eigenvalue weighted by molar-refractivity contribution is -0.175. The number of aliphatic hydroxyl groups excluding tert-OH is 1. The molecule has 0 amide bonds. The van der Waals surface area contributed by atoms with E-state index in [-0.39, 0.29) is 17.3 Å². The van der Waals surface area contributed by atoms with Gasteiger partial charge in [-0.2, -0.15) is 0 Å². The van der Waals surface area contributed by atoms with Crippen molar-refractivity contribution in [2.75, 3.05) is 0 Å². The highest BCUT2D eigenvalue weighted by atomic mass is 16.4. The molecule has 0 aliphatic carbocycles. The van der Waals surface area contributed by atoms with Gasteiger partial charge in [0.1, 0.15) is 6.10 Å². The van der Waals surface area contributed by atoms with Crippen molar-refractivity contribution >= 4 is 11.9 Å². The Hall–Kier alpha value is -1.88. The third kappa shape index (κ3) is 4.89. The average molecular weight is 379 g/mol. The standard InChI is InChI=1S/C22H34O5/c1-8-9-10-22(18(24)25,19(26)27)17(23)14-11-15(20(2,3)4)13-16(12-14)21(5,6)7/h11-13,17,23H,8-10H2,1-7H3,(H,24,25)(H,26,27). The number of benzene rings is 1. The number of aliphatic hydroxyl groups is 1. The first-order chi connectivity index (χ1) is 12.2. The minimum Gasteiger partial charge on any atom is -0.480 e. The van der Waals surface area contributed by atoms with Crippen LogP contribution >= 0.6 is 0 Å². The maximum Gasteiger partial charge on any atom is 0.324 e. The van der Waals surface area contributed by atoms with Crippen molar-refractivity contribution < 1.29 is 24.9 Å². The first-order valence-electron chi connectivity index (χ1n) is 9.48. The van der Waals surface area contributed by atoms with Gasteiger partial charge in [-0.05, 0) is 33.9 Å². The van der Waals surface area contributed by atoms with Crippen molar-refractivity contribution in [3.8, 4) is 0 Å². The van der Waals surface area contributed by atoms with Gasteiger partial charge >= 0.3 is 11.9 Å². The number of hydrogen-bond donors (Lipinski definition) is 3.